The lowest BCUT2D eigenvalue weighted by molar-refractivity contribution is -0.137. The van der Waals surface area contributed by atoms with E-state index in [1.807, 2.05) is 11.0 Å². The number of carbonyl (C=O) groups excluding carboxylic acids is 2. The fraction of sp³-hybridized carbons (Fsp3) is 0.619. The van der Waals surface area contributed by atoms with E-state index in [1.54, 1.807) is 0 Å². The molecule has 1 N–H and O–H groups in total. The SMILES string of the molecule is C[C@]1(Cc2ccc3c(c2)OCO3)CCC(=O)N(CCCN2CCNC(=O)C2)C1. The third-order valence-corrected chi connectivity index (χ3v) is 5.96. The van der Waals surface area contributed by atoms with Gasteiger partial charge in [-0.1, -0.05) is 13.0 Å². The minimum absolute atomic E-state index is 0.0621. The number of fused-ring (bicyclic) bond motifs is 1. The number of amides is 2. The summed E-state index contributed by atoms with van der Waals surface area (Å²) in [6.45, 7) is 7.03. The van der Waals surface area contributed by atoms with Crippen LogP contribution >= 0.6 is 0 Å². The van der Waals surface area contributed by atoms with Crippen LogP contribution in [0.5, 0.6) is 11.5 Å². The lowest BCUT2D eigenvalue weighted by atomic mass is 9.76. The Labute approximate surface area is 166 Å². The molecule has 4 rings (SSSR count). The number of likely N-dealkylation sites (tertiary alicyclic amines) is 1. The molecule has 0 radical (unpaired) electrons. The third-order valence-electron chi connectivity index (χ3n) is 5.96. The molecular formula is C21H29N3O4. The molecule has 2 fully saturated rings. The fourth-order valence-electron chi connectivity index (χ4n) is 4.45. The minimum Gasteiger partial charge on any atom is -0.454 e. The van der Waals surface area contributed by atoms with Crippen molar-refractivity contribution >= 4 is 11.8 Å². The number of nitrogens with one attached hydrogen (secondary N) is 1. The Hall–Kier alpha value is -2.28. The van der Waals surface area contributed by atoms with Crippen LogP contribution in [0.2, 0.25) is 0 Å². The largest absolute Gasteiger partial charge is 0.454 e. The summed E-state index contributed by atoms with van der Waals surface area (Å²) in [6, 6.07) is 6.14. The molecule has 0 unspecified atom stereocenters. The molecule has 2 saturated heterocycles. The predicted molar refractivity (Wildman–Crippen MR) is 104 cm³/mol. The fourth-order valence-corrected chi connectivity index (χ4v) is 4.45. The highest BCUT2D eigenvalue weighted by atomic mass is 16.7. The van der Waals surface area contributed by atoms with Crippen LogP contribution < -0.4 is 14.8 Å². The monoisotopic (exact) mass is 387 g/mol. The first-order chi connectivity index (χ1) is 13.5. The Kier molecular flexibility index (Phi) is 5.44. The zero-order valence-electron chi connectivity index (χ0n) is 16.5. The zero-order valence-corrected chi connectivity index (χ0v) is 16.5. The van der Waals surface area contributed by atoms with Crippen LogP contribution in [0.1, 0.15) is 31.7 Å². The van der Waals surface area contributed by atoms with Gasteiger partial charge in [-0.25, -0.2) is 0 Å². The van der Waals surface area contributed by atoms with E-state index in [9.17, 15) is 9.59 Å². The third kappa shape index (κ3) is 4.41. The second-order valence-electron chi connectivity index (χ2n) is 8.47. The maximum absolute atomic E-state index is 12.4. The highest BCUT2D eigenvalue weighted by molar-refractivity contribution is 5.78. The summed E-state index contributed by atoms with van der Waals surface area (Å²) in [5, 5.41) is 2.85. The van der Waals surface area contributed by atoms with Gasteiger partial charge in [-0.05, 0) is 42.4 Å². The van der Waals surface area contributed by atoms with Gasteiger partial charge in [0.05, 0.1) is 6.54 Å². The van der Waals surface area contributed by atoms with Crippen molar-refractivity contribution in [2.24, 2.45) is 5.41 Å². The number of hydrogen-bond donors (Lipinski definition) is 1. The number of carbonyl (C=O) groups is 2. The first kappa shape index (κ1) is 19.1. The summed E-state index contributed by atoms with van der Waals surface area (Å²) in [5.74, 6) is 1.97. The average Bonchev–Trinajstić information content (AvgIpc) is 3.12. The molecule has 0 aromatic heterocycles. The summed E-state index contributed by atoms with van der Waals surface area (Å²) in [4.78, 5) is 28.1. The smallest absolute Gasteiger partial charge is 0.234 e. The van der Waals surface area contributed by atoms with E-state index in [0.717, 1.165) is 63.5 Å². The van der Waals surface area contributed by atoms with Gasteiger partial charge in [-0.3, -0.25) is 14.5 Å². The summed E-state index contributed by atoms with van der Waals surface area (Å²) in [5.41, 5.74) is 1.28. The molecule has 3 heterocycles. The van der Waals surface area contributed by atoms with Crippen molar-refractivity contribution in [3.8, 4) is 11.5 Å². The average molecular weight is 387 g/mol. The quantitative estimate of drug-likeness (QED) is 0.799. The lowest BCUT2D eigenvalue weighted by Gasteiger charge is -2.41. The number of piperazine rings is 1. The van der Waals surface area contributed by atoms with Crippen LogP contribution in [0.4, 0.5) is 0 Å². The molecule has 1 aromatic rings. The van der Waals surface area contributed by atoms with Crippen molar-refractivity contribution < 1.29 is 19.1 Å². The Balaban J connectivity index is 1.31. The highest BCUT2D eigenvalue weighted by Crippen LogP contribution is 2.37. The second kappa shape index (κ2) is 7.99. The summed E-state index contributed by atoms with van der Waals surface area (Å²) in [6.07, 6.45) is 3.33. The molecule has 3 aliphatic heterocycles. The molecule has 152 valence electrons. The van der Waals surface area contributed by atoms with Crippen LogP contribution in [0.25, 0.3) is 0 Å². The summed E-state index contributed by atoms with van der Waals surface area (Å²) >= 11 is 0. The molecule has 0 bridgehead atoms. The van der Waals surface area contributed by atoms with Crippen molar-refractivity contribution in [3.63, 3.8) is 0 Å². The summed E-state index contributed by atoms with van der Waals surface area (Å²) in [7, 11) is 0. The Morgan fingerprint density at radius 1 is 1.18 bits per heavy atom. The van der Waals surface area contributed by atoms with Crippen LogP contribution in [0.3, 0.4) is 0 Å². The van der Waals surface area contributed by atoms with Crippen molar-refractivity contribution in [2.45, 2.75) is 32.6 Å². The normalized spacial score (nSPS) is 25.1. The molecule has 3 aliphatic rings. The molecule has 7 nitrogen and oxygen atoms in total. The maximum Gasteiger partial charge on any atom is 0.234 e. The van der Waals surface area contributed by atoms with Gasteiger partial charge in [0, 0.05) is 39.1 Å². The number of piperidine rings is 1. The van der Waals surface area contributed by atoms with Crippen LogP contribution in [-0.4, -0.2) is 67.7 Å². The van der Waals surface area contributed by atoms with Gasteiger partial charge in [-0.2, -0.15) is 0 Å². The maximum atomic E-state index is 12.4. The van der Waals surface area contributed by atoms with Gasteiger partial charge in [-0.15, -0.1) is 0 Å². The van der Waals surface area contributed by atoms with E-state index in [-0.39, 0.29) is 24.0 Å². The molecule has 0 spiro atoms. The van der Waals surface area contributed by atoms with Crippen molar-refractivity contribution in [1.82, 2.24) is 15.1 Å². The number of benzene rings is 1. The number of nitrogens with zero attached hydrogens (tertiary/aromatic N) is 2. The van der Waals surface area contributed by atoms with E-state index in [4.69, 9.17) is 9.47 Å². The molecule has 2 amide bonds. The predicted octanol–water partition coefficient (Wildman–Crippen LogP) is 1.41. The van der Waals surface area contributed by atoms with Gasteiger partial charge in [0.1, 0.15) is 0 Å². The van der Waals surface area contributed by atoms with Gasteiger partial charge < -0.3 is 19.7 Å². The van der Waals surface area contributed by atoms with Crippen molar-refractivity contribution in [1.29, 1.82) is 0 Å². The van der Waals surface area contributed by atoms with Crippen molar-refractivity contribution in [3.05, 3.63) is 23.8 Å². The highest BCUT2D eigenvalue weighted by Gasteiger charge is 2.35. The van der Waals surface area contributed by atoms with Crippen LogP contribution in [0, 0.1) is 5.41 Å². The minimum atomic E-state index is 0.0621. The molecule has 7 heteroatoms. The Morgan fingerprint density at radius 2 is 2.04 bits per heavy atom. The van der Waals surface area contributed by atoms with E-state index in [1.165, 1.54) is 5.56 Å². The van der Waals surface area contributed by atoms with Gasteiger partial charge in [0.15, 0.2) is 11.5 Å². The molecule has 0 aliphatic carbocycles. The number of rotatable bonds is 6. The molecule has 28 heavy (non-hydrogen) atoms. The number of hydrogen-bond acceptors (Lipinski definition) is 5. The second-order valence-corrected chi connectivity index (χ2v) is 8.47. The van der Waals surface area contributed by atoms with E-state index in [0.29, 0.717) is 13.0 Å². The standard InChI is InChI=1S/C21H29N3O4/c1-21(12-16-3-4-17-18(11-16)28-15-27-17)6-5-20(26)24(14-21)9-2-8-23-10-7-22-19(25)13-23/h3-4,11H,2,5-10,12-15H2,1H3,(H,22,25)/t21-/m1/s1. The Morgan fingerprint density at radius 3 is 2.89 bits per heavy atom. The van der Waals surface area contributed by atoms with Crippen LogP contribution in [0.15, 0.2) is 18.2 Å². The van der Waals surface area contributed by atoms with Gasteiger partial charge >= 0.3 is 0 Å². The van der Waals surface area contributed by atoms with E-state index >= 15 is 0 Å². The molecule has 1 aromatic carbocycles. The van der Waals surface area contributed by atoms with Crippen LogP contribution in [-0.2, 0) is 16.0 Å². The Bertz CT molecular complexity index is 753. The number of ether oxygens (including phenoxy) is 2. The first-order valence-electron chi connectivity index (χ1n) is 10.2. The summed E-state index contributed by atoms with van der Waals surface area (Å²) < 4.78 is 10.9. The molecular weight excluding hydrogens is 358 g/mol. The van der Waals surface area contributed by atoms with Crippen molar-refractivity contribution in [2.75, 3.05) is 46.1 Å². The van der Waals surface area contributed by atoms with E-state index in [2.05, 4.69) is 29.3 Å². The lowest BCUT2D eigenvalue weighted by Crippen LogP contribution is -2.49. The molecule has 1 atom stereocenters. The topological polar surface area (TPSA) is 71.1 Å². The van der Waals surface area contributed by atoms with E-state index < -0.39 is 0 Å². The van der Waals surface area contributed by atoms with Gasteiger partial charge in [0.2, 0.25) is 18.6 Å². The molecule has 0 saturated carbocycles. The van der Waals surface area contributed by atoms with Gasteiger partial charge in [0.25, 0.3) is 0 Å². The first-order valence-corrected chi connectivity index (χ1v) is 10.2. The zero-order chi connectivity index (χ0) is 19.6.